The Labute approximate surface area is 117 Å². The lowest BCUT2D eigenvalue weighted by Crippen LogP contribution is -2.47. The lowest BCUT2D eigenvalue weighted by Gasteiger charge is -2.27. The number of hydrogen-bond acceptors (Lipinski definition) is 4. The van der Waals surface area contributed by atoms with Crippen molar-refractivity contribution in [1.29, 1.82) is 0 Å². The first-order valence-electron chi connectivity index (χ1n) is 5.85. The summed E-state index contributed by atoms with van der Waals surface area (Å²) in [6, 6.07) is 4.14. The largest absolute Gasteiger partial charge is 0.508 e. The summed E-state index contributed by atoms with van der Waals surface area (Å²) in [4.78, 5) is 13.7. The molecule has 0 fully saturated rings. The molecule has 1 atom stereocenters. The number of aliphatic hydroxyl groups is 1. The fourth-order valence-electron chi connectivity index (χ4n) is 1.79. The number of rotatable bonds is 5. The first kappa shape index (κ1) is 15.8. The first-order chi connectivity index (χ1) is 8.71. The molecule has 0 spiro atoms. The minimum absolute atomic E-state index is 0.0328. The molecule has 3 N–H and O–H groups in total. The van der Waals surface area contributed by atoms with Crippen molar-refractivity contribution < 1.29 is 15.0 Å². The quantitative estimate of drug-likeness (QED) is 0.758. The Kier molecular flexibility index (Phi) is 5.17. The molecule has 0 aliphatic rings. The van der Waals surface area contributed by atoms with E-state index in [-0.39, 0.29) is 22.9 Å². The molecule has 1 rings (SSSR count). The van der Waals surface area contributed by atoms with Crippen LogP contribution in [0, 0.1) is 0 Å². The van der Waals surface area contributed by atoms with Gasteiger partial charge in [0.15, 0.2) is 0 Å². The second-order valence-corrected chi connectivity index (χ2v) is 5.49. The fourth-order valence-corrected chi connectivity index (χ4v) is 1.99. The molecule has 1 unspecified atom stereocenters. The van der Waals surface area contributed by atoms with Gasteiger partial charge in [0.25, 0.3) is 5.91 Å². The van der Waals surface area contributed by atoms with E-state index in [9.17, 15) is 15.0 Å². The minimum atomic E-state index is -1.04. The highest BCUT2D eigenvalue weighted by molar-refractivity contribution is 6.33. The van der Waals surface area contributed by atoms with E-state index >= 15 is 0 Å². The molecular weight excluding hydrogens is 268 g/mol. The van der Waals surface area contributed by atoms with Crippen LogP contribution in [-0.4, -0.2) is 53.8 Å². The molecule has 0 saturated heterocycles. The van der Waals surface area contributed by atoms with E-state index in [2.05, 4.69) is 5.32 Å². The van der Waals surface area contributed by atoms with Crippen molar-refractivity contribution in [3.63, 3.8) is 0 Å². The van der Waals surface area contributed by atoms with E-state index in [1.54, 1.807) is 6.92 Å². The van der Waals surface area contributed by atoms with Crippen LogP contribution in [0.1, 0.15) is 17.3 Å². The number of aromatic hydroxyl groups is 1. The third-order valence-corrected chi connectivity index (χ3v) is 2.81. The summed E-state index contributed by atoms with van der Waals surface area (Å²) in [5, 5.41) is 22.3. The maximum absolute atomic E-state index is 11.9. The molecule has 0 aliphatic heterocycles. The van der Waals surface area contributed by atoms with Crippen molar-refractivity contribution in [1.82, 2.24) is 10.2 Å². The summed E-state index contributed by atoms with van der Waals surface area (Å²) in [5.74, 6) is -0.463. The Morgan fingerprint density at radius 3 is 2.68 bits per heavy atom. The van der Waals surface area contributed by atoms with Crippen molar-refractivity contribution >= 4 is 17.5 Å². The van der Waals surface area contributed by atoms with Crippen LogP contribution >= 0.6 is 11.6 Å². The van der Waals surface area contributed by atoms with Gasteiger partial charge in [0.2, 0.25) is 0 Å². The number of carbonyl (C=O) groups excluding carboxylic acids is 1. The Bertz CT molecular complexity index is 461. The standard InChI is InChI=1S/C13H19ClN2O3/c1-13(19,8-16(2)3)7-15-12(18)10-6-9(17)4-5-11(10)14/h4-6,17,19H,7-8H2,1-3H3,(H,15,18). The zero-order valence-electron chi connectivity index (χ0n) is 11.3. The molecule has 0 radical (unpaired) electrons. The number of benzene rings is 1. The third-order valence-electron chi connectivity index (χ3n) is 2.48. The molecule has 1 aromatic carbocycles. The van der Waals surface area contributed by atoms with Gasteiger partial charge in [0.1, 0.15) is 5.75 Å². The number of amides is 1. The van der Waals surface area contributed by atoms with Crippen molar-refractivity contribution in [2.75, 3.05) is 27.2 Å². The highest BCUT2D eigenvalue weighted by atomic mass is 35.5. The zero-order valence-corrected chi connectivity index (χ0v) is 12.0. The van der Waals surface area contributed by atoms with Crippen LogP contribution in [0.4, 0.5) is 0 Å². The average Bonchev–Trinajstić information content (AvgIpc) is 2.27. The van der Waals surface area contributed by atoms with Gasteiger partial charge in [-0.25, -0.2) is 0 Å². The van der Waals surface area contributed by atoms with Gasteiger partial charge in [-0.3, -0.25) is 4.79 Å². The molecule has 0 aromatic heterocycles. The highest BCUT2D eigenvalue weighted by Crippen LogP contribution is 2.21. The summed E-state index contributed by atoms with van der Waals surface area (Å²) in [6.07, 6.45) is 0. The van der Waals surface area contributed by atoms with E-state index in [0.717, 1.165) is 0 Å². The number of nitrogens with one attached hydrogen (secondary N) is 1. The van der Waals surface area contributed by atoms with Crippen molar-refractivity contribution in [2.45, 2.75) is 12.5 Å². The van der Waals surface area contributed by atoms with E-state index in [4.69, 9.17) is 11.6 Å². The van der Waals surface area contributed by atoms with Crippen LogP contribution < -0.4 is 5.32 Å². The van der Waals surface area contributed by atoms with E-state index in [1.807, 2.05) is 19.0 Å². The minimum Gasteiger partial charge on any atom is -0.508 e. The van der Waals surface area contributed by atoms with Crippen LogP contribution in [0.15, 0.2) is 18.2 Å². The molecule has 19 heavy (non-hydrogen) atoms. The van der Waals surface area contributed by atoms with Crippen molar-refractivity contribution in [2.24, 2.45) is 0 Å². The number of likely N-dealkylation sites (N-methyl/N-ethyl adjacent to an activating group) is 1. The van der Waals surface area contributed by atoms with Gasteiger partial charge < -0.3 is 20.4 Å². The normalized spacial score (nSPS) is 14.2. The van der Waals surface area contributed by atoms with Crippen molar-refractivity contribution in [3.05, 3.63) is 28.8 Å². The summed E-state index contributed by atoms with van der Waals surface area (Å²) < 4.78 is 0. The number of phenolic OH excluding ortho intramolecular Hbond substituents is 1. The molecule has 0 heterocycles. The molecular formula is C13H19ClN2O3. The lowest BCUT2D eigenvalue weighted by molar-refractivity contribution is 0.0326. The zero-order chi connectivity index (χ0) is 14.6. The Balaban J connectivity index is 2.68. The molecule has 6 heteroatoms. The van der Waals surface area contributed by atoms with Crippen LogP contribution in [0.3, 0.4) is 0 Å². The fraction of sp³-hybridized carbons (Fsp3) is 0.462. The summed E-state index contributed by atoms with van der Waals surface area (Å²) in [5.41, 5.74) is -0.857. The molecule has 106 valence electrons. The summed E-state index contributed by atoms with van der Waals surface area (Å²) in [7, 11) is 3.67. The maximum atomic E-state index is 11.9. The second kappa shape index (κ2) is 6.23. The number of carbonyl (C=O) groups is 1. The van der Waals surface area contributed by atoms with E-state index in [0.29, 0.717) is 6.54 Å². The SMILES string of the molecule is CN(C)CC(C)(O)CNC(=O)c1cc(O)ccc1Cl. The second-order valence-electron chi connectivity index (χ2n) is 5.08. The van der Waals surface area contributed by atoms with Gasteiger partial charge in [0.05, 0.1) is 16.2 Å². The van der Waals surface area contributed by atoms with Gasteiger partial charge >= 0.3 is 0 Å². The predicted molar refractivity (Wildman–Crippen MR) is 74.6 cm³/mol. The Morgan fingerprint density at radius 1 is 1.47 bits per heavy atom. The topological polar surface area (TPSA) is 72.8 Å². The molecule has 5 nitrogen and oxygen atoms in total. The molecule has 1 amide bonds. The van der Waals surface area contributed by atoms with Crippen LogP contribution in [0.25, 0.3) is 0 Å². The lowest BCUT2D eigenvalue weighted by atomic mass is 10.1. The van der Waals surface area contributed by atoms with Crippen LogP contribution in [0.2, 0.25) is 5.02 Å². The molecule has 1 aromatic rings. The predicted octanol–water partition coefficient (Wildman–Crippen LogP) is 1.09. The van der Waals surface area contributed by atoms with Gasteiger partial charge in [0, 0.05) is 13.1 Å². The third kappa shape index (κ3) is 5.06. The maximum Gasteiger partial charge on any atom is 0.253 e. The van der Waals surface area contributed by atoms with Gasteiger partial charge in [-0.2, -0.15) is 0 Å². The molecule has 0 bridgehead atoms. The molecule has 0 aliphatic carbocycles. The van der Waals surface area contributed by atoms with Crippen molar-refractivity contribution in [3.8, 4) is 5.75 Å². The molecule has 0 saturated carbocycles. The van der Waals surface area contributed by atoms with Gasteiger partial charge in [-0.15, -0.1) is 0 Å². The average molecular weight is 287 g/mol. The monoisotopic (exact) mass is 286 g/mol. The van der Waals surface area contributed by atoms with Gasteiger partial charge in [-0.1, -0.05) is 11.6 Å². The van der Waals surface area contributed by atoms with E-state index < -0.39 is 11.5 Å². The first-order valence-corrected chi connectivity index (χ1v) is 6.23. The summed E-state index contributed by atoms with van der Waals surface area (Å²) >= 11 is 5.88. The number of halogens is 1. The van der Waals surface area contributed by atoms with Crippen LogP contribution in [0.5, 0.6) is 5.75 Å². The Morgan fingerprint density at radius 2 is 2.11 bits per heavy atom. The van der Waals surface area contributed by atoms with Gasteiger partial charge in [-0.05, 0) is 39.2 Å². The Hall–Kier alpha value is -1.30. The summed E-state index contributed by atoms with van der Waals surface area (Å²) in [6.45, 7) is 2.15. The number of nitrogens with zero attached hydrogens (tertiary/aromatic N) is 1. The van der Waals surface area contributed by atoms with Crippen LogP contribution in [-0.2, 0) is 0 Å². The van der Waals surface area contributed by atoms with E-state index in [1.165, 1.54) is 18.2 Å². The number of phenols is 1. The highest BCUT2D eigenvalue weighted by Gasteiger charge is 2.23. The number of hydrogen-bond donors (Lipinski definition) is 3. The smallest absolute Gasteiger partial charge is 0.253 e.